The number of hydrogen-bond acceptors (Lipinski definition) is 8. The summed E-state index contributed by atoms with van der Waals surface area (Å²) < 4.78 is 6.98. The van der Waals surface area contributed by atoms with Gasteiger partial charge in [0.1, 0.15) is 34.6 Å². The van der Waals surface area contributed by atoms with Gasteiger partial charge in [0.25, 0.3) is 11.5 Å². The van der Waals surface area contributed by atoms with Gasteiger partial charge in [0.05, 0.1) is 41.4 Å². The predicted octanol–water partition coefficient (Wildman–Crippen LogP) is 5.54. The van der Waals surface area contributed by atoms with Crippen LogP contribution in [0.1, 0.15) is 46.5 Å². The van der Waals surface area contributed by atoms with E-state index in [0.29, 0.717) is 70.2 Å². The molecule has 11 heteroatoms. The first-order chi connectivity index (χ1) is 21.8. The lowest BCUT2D eigenvalue weighted by atomic mass is 10.1. The highest BCUT2D eigenvalue weighted by molar-refractivity contribution is 6.35. The summed E-state index contributed by atoms with van der Waals surface area (Å²) in [5.41, 5.74) is 2.51. The van der Waals surface area contributed by atoms with Crippen molar-refractivity contribution >= 4 is 40.0 Å². The third-order valence-corrected chi connectivity index (χ3v) is 8.78. The average Bonchev–Trinajstić information content (AvgIpc) is 3.54. The van der Waals surface area contributed by atoms with Crippen molar-refractivity contribution in [1.82, 2.24) is 24.4 Å². The van der Waals surface area contributed by atoms with E-state index in [1.807, 2.05) is 67.6 Å². The number of amides is 1. The molecule has 0 bridgehead atoms. The van der Waals surface area contributed by atoms with Gasteiger partial charge in [-0.3, -0.25) is 14.2 Å². The Morgan fingerprint density at radius 2 is 1.69 bits per heavy atom. The molecule has 4 heterocycles. The number of carbonyl (C=O) groups excluding carboxylic acids is 1. The van der Waals surface area contributed by atoms with Crippen LogP contribution in [0.15, 0.2) is 77.6 Å². The molecule has 1 fully saturated rings. The number of hydrogen-bond donors (Lipinski definition) is 0. The molecule has 10 nitrogen and oxygen atoms in total. The number of benzene rings is 3. The molecule has 228 valence electrons. The molecule has 1 atom stereocenters. The summed E-state index contributed by atoms with van der Waals surface area (Å²) >= 11 is 6.54. The van der Waals surface area contributed by atoms with Crippen LogP contribution in [0.2, 0.25) is 5.02 Å². The van der Waals surface area contributed by atoms with E-state index in [2.05, 4.69) is 9.80 Å². The van der Waals surface area contributed by atoms with Gasteiger partial charge < -0.3 is 19.4 Å². The maximum atomic E-state index is 14.1. The second kappa shape index (κ2) is 11.5. The Balaban J connectivity index is 1.37. The lowest BCUT2D eigenvalue weighted by Crippen LogP contribution is -2.46. The standard InChI is InChI=1S/C34H32ClN7O3/c1-21-36-31-29(33(43)39(2)20-40(31)19-22-14-16-24(45-3)17-15-22)32(37-21)41-18-8-13-27(41)30-38-26-12-7-11-25(35)28(26)34(44)42(30)23-9-5-4-6-10-23/h4-7,9-12,14-17,27H,8,13,18-20H2,1-3H3. The van der Waals surface area contributed by atoms with Crippen molar-refractivity contribution in [1.29, 1.82) is 0 Å². The van der Waals surface area contributed by atoms with Gasteiger partial charge in [-0.15, -0.1) is 0 Å². The van der Waals surface area contributed by atoms with Crippen LogP contribution in [-0.4, -0.2) is 57.7 Å². The molecule has 1 unspecified atom stereocenters. The summed E-state index contributed by atoms with van der Waals surface area (Å²) in [6.07, 6.45) is 1.56. The van der Waals surface area contributed by atoms with Gasteiger partial charge in [-0.05, 0) is 61.7 Å². The van der Waals surface area contributed by atoms with E-state index in [9.17, 15) is 9.59 Å². The van der Waals surface area contributed by atoms with Gasteiger partial charge in [0.2, 0.25) is 0 Å². The van der Waals surface area contributed by atoms with Crippen LogP contribution in [0, 0.1) is 6.92 Å². The number of halogens is 1. The van der Waals surface area contributed by atoms with Gasteiger partial charge in [-0.25, -0.2) is 15.0 Å². The van der Waals surface area contributed by atoms with Crippen LogP contribution in [0.5, 0.6) is 5.75 Å². The Bertz CT molecular complexity index is 1980. The Kier molecular flexibility index (Phi) is 7.37. The van der Waals surface area contributed by atoms with Gasteiger partial charge in [-0.1, -0.05) is 48.0 Å². The molecule has 2 aliphatic rings. The number of aromatic nitrogens is 4. The molecule has 0 saturated carbocycles. The molecular weight excluding hydrogens is 590 g/mol. The topological polar surface area (TPSA) is 96.7 Å². The van der Waals surface area contributed by atoms with Crippen molar-refractivity contribution in [3.63, 3.8) is 0 Å². The molecule has 3 aromatic carbocycles. The predicted molar refractivity (Wildman–Crippen MR) is 175 cm³/mol. The van der Waals surface area contributed by atoms with Crippen molar-refractivity contribution < 1.29 is 9.53 Å². The van der Waals surface area contributed by atoms with Crippen LogP contribution >= 0.6 is 11.6 Å². The second-order valence-electron chi connectivity index (χ2n) is 11.4. The lowest BCUT2D eigenvalue weighted by Gasteiger charge is -2.38. The lowest BCUT2D eigenvalue weighted by molar-refractivity contribution is 0.0780. The van der Waals surface area contributed by atoms with Crippen LogP contribution in [-0.2, 0) is 6.54 Å². The molecule has 2 aromatic heterocycles. The quantitative estimate of drug-likeness (QED) is 0.244. The molecular formula is C34H32ClN7O3. The monoisotopic (exact) mass is 621 g/mol. The van der Waals surface area contributed by atoms with E-state index < -0.39 is 0 Å². The number of para-hydroxylation sites is 1. The fourth-order valence-electron chi connectivity index (χ4n) is 6.37. The summed E-state index contributed by atoms with van der Waals surface area (Å²) in [5.74, 6) is 2.93. The Morgan fingerprint density at radius 3 is 2.44 bits per heavy atom. The molecule has 0 radical (unpaired) electrons. The highest BCUT2D eigenvalue weighted by Gasteiger charge is 2.39. The van der Waals surface area contributed by atoms with E-state index in [1.54, 1.807) is 35.8 Å². The number of nitrogens with zero attached hydrogens (tertiary/aromatic N) is 7. The number of ether oxygens (including phenoxy) is 1. The summed E-state index contributed by atoms with van der Waals surface area (Å²) in [6.45, 7) is 3.42. The highest BCUT2D eigenvalue weighted by Crippen LogP contribution is 2.41. The van der Waals surface area contributed by atoms with E-state index in [1.165, 1.54) is 0 Å². The number of rotatable bonds is 6. The maximum absolute atomic E-state index is 14.1. The van der Waals surface area contributed by atoms with E-state index in [4.69, 9.17) is 31.3 Å². The van der Waals surface area contributed by atoms with Crippen molar-refractivity contribution in [2.45, 2.75) is 32.4 Å². The largest absolute Gasteiger partial charge is 0.497 e. The molecule has 1 amide bonds. The first-order valence-corrected chi connectivity index (χ1v) is 15.3. The fourth-order valence-corrected chi connectivity index (χ4v) is 6.62. The Hall–Kier alpha value is -4.96. The Morgan fingerprint density at radius 1 is 0.933 bits per heavy atom. The smallest absolute Gasteiger partial charge is 0.267 e. The first kappa shape index (κ1) is 28.8. The highest BCUT2D eigenvalue weighted by atomic mass is 35.5. The molecule has 5 aromatic rings. The van der Waals surface area contributed by atoms with Crippen LogP contribution < -0.4 is 20.1 Å². The number of anilines is 2. The van der Waals surface area contributed by atoms with E-state index in [-0.39, 0.29) is 17.5 Å². The molecule has 0 spiro atoms. The third-order valence-electron chi connectivity index (χ3n) is 8.47. The van der Waals surface area contributed by atoms with Crippen LogP contribution in [0.3, 0.4) is 0 Å². The van der Waals surface area contributed by atoms with Gasteiger partial charge >= 0.3 is 0 Å². The fraction of sp³-hybridized carbons (Fsp3) is 0.265. The molecule has 1 saturated heterocycles. The van der Waals surface area contributed by atoms with Crippen molar-refractivity contribution in [2.24, 2.45) is 0 Å². The summed E-state index contributed by atoms with van der Waals surface area (Å²) in [5, 5.41) is 0.730. The number of fused-ring (bicyclic) bond motifs is 2. The molecule has 0 aliphatic carbocycles. The number of methoxy groups -OCH3 is 1. The number of carbonyl (C=O) groups is 1. The van der Waals surface area contributed by atoms with Crippen LogP contribution in [0.4, 0.5) is 11.6 Å². The summed E-state index contributed by atoms with van der Waals surface area (Å²) in [6, 6.07) is 22.4. The van der Waals surface area contributed by atoms with Crippen molar-refractivity contribution in [2.75, 3.05) is 37.2 Å². The summed E-state index contributed by atoms with van der Waals surface area (Å²) in [4.78, 5) is 48.7. The van der Waals surface area contributed by atoms with Crippen molar-refractivity contribution in [3.05, 3.63) is 111 Å². The zero-order valence-electron chi connectivity index (χ0n) is 25.3. The minimum absolute atomic E-state index is 0.143. The maximum Gasteiger partial charge on any atom is 0.267 e. The zero-order chi connectivity index (χ0) is 31.2. The SMILES string of the molecule is COc1ccc(CN2CN(C)C(=O)c3c2nc(C)nc3N2CCCC2c2nc3cccc(Cl)c3c(=O)n2-c2ccccc2)cc1. The first-order valence-electron chi connectivity index (χ1n) is 14.9. The molecule has 0 N–H and O–H groups in total. The van der Waals surface area contributed by atoms with Crippen LogP contribution in [0.25, 0.3) is 16.6 Å². The molecule has 45 heavy (non-hydrogen) atoms. The second-order valence-corrected chi connectivity index (χ2v) is 11.8. The van der Waals surface area contributed by atoms with Crippen molar-refractivity contribution in [3.8, 4) is 11.4 Å². The minimum atomic E-state index is -0.324. The third kappa shape index (κ3) is 5.04. The van der Waals surface area contributed by atoms with E-state index >= 15 is 0 Å². The number of aryl methyl sites for hydroxylation is 1. The van der Waals surface area contributed by atoms with Gasteiger partial charge in [0.15, 0.2) is 0 Å². The normalized spacial score (nSPS) is 16.4. The summed E-state index contributed by atoms with van der Waals surface area (Å²) in [7, 11) is 3.43. The zero-order valence-corrected chi connectivity index (χ0v) is 26.0. The van der Waals surface area contributed by atoms with Gasteiger partial charge in [-0.2, -0.15) is 0 Å². The molecule has 2 aliphatic heterocycles. The average molecular weight is 622 g/mol. The van der Waals surface area contributed by atoms with Gasteiger partial charge in [0, 0.05) is 20.1 Å². The Labute approximate surface area is 265 Å². The molecule has 7 rings (SSSR count). The van der Waals surface area contributed by atoms with E-state index in [0.717, 1.165) is 24.2 Å². The minimum Gasteiger partial charge on any atom is -0.497 e.